The number of H-pyrrole nitrogens is 2. The SMILES string of the molecule is CCCOCCOCc1cnc2nc(-c3n[nH]c(C(F)(F)F)n3)c(-c3cnc[nH]3)n2c1. The molecule has 0 aromatic carbocycles. The van der Waals surface area contributed by atoms with Gasteiger partial charge in [-0.1, -0.05) is 6.92 Å². The highest BCUT2D eigenvalue weighted by molar-refractivity contribution is 5.76. The maximum Gasteiger partial charge on any atom is 0.451 e. The summed E-state index contributed by atoms with van der Waals surface area (Å²) in [7, 11) is 0. The van der Waals surface area contributed by atoms with E-state index in [9.17, 15) is 13.2 Å². The first-order valence-corrected chi connectivity index (χ1v) is 9.48. The molecule has 0 aliphatic rings. The van der Waals surface area contributed by atoms with E-state index < -0.39 is 12.0 Å². The number of nitrogens with zero attached hydrogens (tertiary/aromatic N) is 6. The molecule has 4 aromatic rings. The average Bonchev–Trinajstić information content (AvgIpc) is 3.48. The molecule has 0 unspecified atom stereocenters. The van der Waals surface area contributed by atoms with Crippen molar-refractivity contribution in [1.82, 2.24) is 39.5 Å². The minimum absolute atomic E-state index is 0.134. The third-order valence-electron chi connectivity index (χ3n) is 4.24. The van der Waals surface area contributed by atoms with Gasteiger partial charge in [0.25, 0.3) is 0 Å². The summed E-state index contributed by atoms with van der Waals surface area (Å²) in [5.41, 5.74) is 1.84. The van der Waals surface area contributed by atoms with Crippen LogP contribution >= 0.6 is 0 Å². The zero-order valence-electron chi connectivity index (χ0n) is 16.5. The summed E-state index contributed by atoms with van der Waals surface area (Å²) >= 11 is 0. The Hall–Kier alpha value is -3.32. The van der Waals surface area contributed by atoms with Gasteiger partial charge in [-0.15, -0.1) is 0 Å². The topological polar surface area (TPSA) is 119 Å². The second-order valence-corrected chi connectivity index (χ2v) is 6.58. The Bertz CT molecular complexity index is 1140. The van der Waals surface area contributed by atoms with Crippen LogP contribution in [0.4, 0.5) is 13.2 Å². The largest absolute Gasteiger partial charge is 0.451 e. The number of alkyl halides is 3. The lowest BCUT2D eigenvalue weighted by Gasteiger charge is -2.06. The van der Waals surface area contributed by atoms with Gasteiger partial charge in [0.15, 0.2) is 0 Å². The van der Waals surface area contributed by atoms with Gasteiger partial charge in [-0.05, 0) is 6.42 Å². The fourth-order valence-electron chi connectivity index (χ4n) is 2.90. The number of aromatic nitrogens is 8. The Morgan fingerprint density at radius 2 is 1.94 bits per heavy atom. The third kappa shape index (κ3) is 4.56. The van der Waals surface area contributed by atoms with Gasteiger partial charge in [-0.3, -0.25) is 9.50 Å². The highest BCUT2D eigenvalue weighted by atomic mass is 19.4. The van der Waals surface area contributed by atoms with Crippen LogP contribution in [0.2, 0.25) is 0 Å². The number of ether oxygens (including phenoxy) is 2. The molecule has 0 amide bonds. The van der Waals surface area contributed by atoms with Crippen LogP contribution in [0.3, 0.4) is 0 Å². The van der Waals surface area contributed by atoms with Gasteiger partial charge < -0.3 is 14.5 Å². The second-order valence-electron chi connectivity index (χ2n) is 6.58. The predicted molar refractivity (Wildman–Crippen MR) is 102 cm³/mol. The molecule has 31 heavy (non-hydrogen) atoms. The normalized spacial score (nSPS) is 12.1. The fourth-order valence-corrected chi connectivity index (χ4v) is 2.90. The van der Waals surface area contributed by atoms with E-state index in [0.717, 1.165) is 12.0 Å². The van der Waals surface area contributed by atoms with Crippen LogP contribution in [0, 0.1) is 0 Å². The predicted octanol–water partition coefficient (Wildman–Crippen LogP) is 2.87. The van der Waals surface area contributed by atoms with E-state index >= 15 is 0 Å². The minimum Gasteiger partial charge on any atom is -0.379 e. The number of hydrogen-bond acceptors (Lipinski definition) is 7. The number of aromatic amines is 2. The Morgan fingerprint density at radius 3 is 2.65 bits per heavy atom. The molecule has 164 valence electrons. The molecule has 4 heterocycles. The van der Waals surface area contributed by atoms with Crippen LogP contribution < -0.4 is 0 Å². The van der Waals surface area contributed by atoms with Crippen molar-refractivity contribution in [2.24, 2.45) is 0 Å². The number of nitrogens with one attached hydrogen (secondary N) is 2. The minimum atomic E-state index is -4.65. The Balaban J connectivity index is 1.66. The molecule has 4 rings (SSSR count). The summed E-state index contributed by atoms with van der Waals surface area (Å²) in [5, 5.41) is 5.60. The summed E-state index contributed by atoms with van der Waals surface area (Å²) < 4.78 is 51.5. The van der Waals surface area contributed by atoms with Crippen molar-refractivity contribution in [3.63, 3.8) is 0 Å². The summed E-state index contributed by atoms with van der Waals surface area (Å²) in [6.07, 6.45) is 2.61. The fraction of sp³-hybridized carbons (Fsp3) is 0.389. The molecule has 4 aromatic heterocycles. The van der Waals surface area contributed by atoms with Gasteiger partial charge >= 0.3 is 6.18 Å². The standard InChI is InChI=1S/C18H19F3N8O2/c1-2-3-30-4-5-31-9-11-6-23-17-25-13(15-26-16(28-27-15)18(19,20)21)14(29(17)8-11)12-7-22-10-24-12/h6-8,10H,2-5,9H2,1H3,(H,22,24)(H,26,27,28). The van der Waals surface area contributed by atoms with Crippen molar-refractivity contribution in [3.05, 3.63) is 36.3 Å². The quantitative estimate of drug-likeness (QED) is 0.387. The third-order valence-corrected chi connectivity index (χ3v) is 4.24. The van der Waals surface area contributed by atoms with E-state index in [-0.39, 0.29) is 23.9 Å². The van der Waals surface area contributed by atoms with Crippen LogP contribution in [-0.4, -0.2) is 59.3 Å². The molecule has 0 saturated heterocycles. The zero-order chi connectivity index (χ0) is 21.8. The van der Waals surface area contributed by atoms with Gasteiger partial charge in [0.05, 0.1) is 38.0 Å². The number of rotatable bonds is 9. The molecule has 0 spiro atoms. The molecule has 0 saturated carbocycles. The van der Waals surface area contributed by atoms with Crippen molar-refractivity contribution in [2.75, 3.05) is 19.8 Å². The van der Waals surface area contributed by atoms with E-state index in [1.807, 2.05) is 12.0 Å². The van der Waals surface area contributed by atoms with Crippen molar-refractivity contribution < 1.29 is 22.6 Å². The van der Waals surface area contributed by atoms with Crippen molar-refractivity contribution in [2.45, 2.75) is 26.1 Å². The van der Waals surface area contributed by atoms with E-state index in [0.29, 0.717) is 31.2 Å². The lowest BCUT2D eigenvalue weighted by molar-refractivity contribution is -0.144. The lowest BCUT2D eigenvalue weighted by atomic mass is 10.2. The first kappa shape index (κ1) is 20.9. The maximum atomic E-state index is 13.0. The first-order chi connectivity index (χ1) is 15.0. The number of halogens is 3. The van der Waals surface area contributed by atoms with Crippen molar-refractivity contribution in [1.29, 1.82) is 0 Å². The number of imidazole rings is 2. The highest BCUT2D eigenvalue weighted by Gasteiger charge is 2.36. The van der Waals surface area contributed by atoms with Gasteiger partial charge in [-0.2, -0.15) is 18.3 Å². The van der Waals surface area contributed by atoms with Crippen LogP contribution in [0.25, 0.3) is 28.7 Å². The molecule has 2 N–H and O–H groups in total. The van der Waals surface area contributed by atoms with Crippen LogP contribution in [0.15, 0.2) is 24.9 Å². The van der Waals surface area contributed by atoms with Crippen molar-refractivity contribution >= 4 is 5.78 Å². The molecule has 0 aliphatic heterocycles. The number of fused-ring (bicyclic) bond motifs is 1. The van der Waals surface area contributed by atoms with Gasteiger partial charge in [-0.25, -0.2) is 19.9 Å². The van der Waals surface area contributed by atoms with Gasteiger partial charge in [0.1, 0.15) is 11.4 Å². The van der Waals surface area contributed by atoms with Gasteiger partial charge in [0.2, 0.25) is 17.4 Å². The Kier molecular flexibility index (Phi) is 5.95. The molecule has 0 fully saturated rings. The van der Waals surface area contributed by atoms with E-state index in [1.54, 1.807) is 16.8 Å². The average molecular weight is 436 g/mol. The van der Waals surface area contributed by atoms with E-state index in [2.05, 4.69) is 30.0 Å². The Labute approximate surface area is 173 Å². The molecular formula is C18H19F3N8O2. The van der Waals surface area contributed by atoms with Crippen LogP contribution in [0.5, 0.6) is 0 Å². The molecule has 0 radical (unpaired) electrons. The van der Waals surface area contributed by atoms with Gasteiger partial charge in [0, 0.05) is 24.6 Å². The zero-order valence-corrected chi connectivity index (χ0v) is 16.5. The summed E-state index contributed by atoms with van der Waals surface area (Å²) in [4.78, 5) is 19.1. The molecule has 0 atom stereocenters. The molecular weight excluding hydrogens is 417 g/mol. The highest BCUT2D eigenvalue weighted by Crippen LogP contribution is 2.32. The van der Waals surface area contributed by atoms with Crippen LogP contribution in [0.1, 0.15) is 24.7 Å². The Morgan fingerprint density at radius 1 is 1.10 bits per heavy atom. The maximum absolute atomic E-state index is 13.0. The molecule has 0 bridgehead atoms. The monoisotopic (exact) mass is 436 g/mol. The second kappa shape index (κ2) is 8.81. The summed E-state index contributed by atoms with van der Waals surface area (Å²) in [6.45, 7) is 3.91. The molecule has 13 heteroatoms. The summed E-state index contributed by atoms with van der Waals surface area (Å²) in [5.74, 6) is -1.14. The smallest absolute Gasteiger partial charge is 0.379 e. The number of hydrogen-bond donors (Lipinski definition) is 2. The summed E-state index contributed by atoms with van der Waals surface area (Å²) in [6, 6.07) is 0. The first-order valence-electron chi connectivity index (χ1n) is 9.48. The van der Waals surface area contributed by atoms with E-state index in [4.69, 9.17) is 9.47 Å². The van der Waals surface area contributed by atoms with Crippen molar-refractivity contribution in [3.8, 4) is 22.9 Å². The van der Waals surface area contributed by atoms with E-state index in [1.165, 1.54) is 12.5 Å². The van der Waals surface area contributed by atoms with Crippen LogP contribution in [-0.2, 0) is 22.3 Å². The molecule has 0 aliphatic carbocycles. The lowest BCUT2D eigenvalue weighted by Crippen LogP contribution is -2.07. The molecule has 10 nitrogen and oxygen atoms in total.